The van der Waals surface area contributed by atoms with Gasteiger partial charge in [-0.15, -0.1) is 0 Å². The first kappa shape index (κ1) is 23.5. The van der Waals surface area contributed by atoms with E-state index in [1.807, 2.05) is 19.9 Å². The quantitative estimate of drug-likeness (QED) is 0.387. The van der Waals surface area contributed by atoms with Crippen molar-refractivity contribution in [1.29, 1.82) is 0 Å². The van der Waals surface area contributed by atoms with Gasteiger partial charge >= 0.3 is 5.97 Å². The maximum absolute atomic E-state index is 12.3. The highest BCUT2D eigenvalue weighted by molar-refractivity contribution is 5.99. The molecule has 0 radical (unpaired) electrons. The smallest absolute Gasteiger partial charge is 0.338 e. The molecule has 33 heavy (non-hydrogen) atoms. The number of anilines is 1. The molecule has 3 aromatic rings. The second-order valence-electron chi connectivity index (χ2n) is 7.39. The Kier molecular flexibility index (Phi) is 7.81. The molecule has 0 aliphatic heterocycles. The summed E-state index contributed by atoms with van der Waals surface area (Å²) in [4.78, 5) is 36.6. The van der Waals surface area contributed by atoms with Gasteiger partial charge in [0.25, 0.3) is 5.91 Å². The van der Waals surface area contributed by atoms with Crippen molar-refractivity contribution in [3.8, 4) is 11.5 Å². The van der Waals surface area contributed by atoms with Gasteiger partial charge in [-0.05, 0) is 67.4 Å². The molecule has 0 saturated carbocycles. The van der Waals surface area contributed by atoms with Crippen LogP contribution in [-0.2, 0) is 9.53 Å². The molecule has 0 spiro atoms. The fraction of sp³-hybridized carbons (Fsp3) is 0.192. The SMILES string of the molecule is COc1cccc(NC(=O)COc2ccc(C(=O)OCC(=O)c3ccc(C)c(C)c3)cc2)c1. The van der Waals surface area contributed by atoms with E-state index in [1.54, 1.807) is 55.6 Å². The Labute approximate surface area is 192 Å². The van der Waals surface area contributed by atoms with Crippen molar-refractivity contribution in [3.05, 3.63) is 89.0 Å². The Bertz CT molecular complexity index is 1150. The van der Waals surface area contributed by atoms with Gasteiger partial charge in [-0.1, -0.05) is 18.2 Å². The minimum absolute atomic E-state index is 0.203. The molecule has 1 amide bonds. The molecule has 0 aliphatic rings. The summed E-state index contributed by atoms with van der Waals surface area (Å²) in [6, 6.07) is 18.5. The van der Waals surface area contributed by atoms with Gasteiger partial charge in [-0.2, -0.15) is 0 Å². The summed E-state index contributed by atoms with van der Waals surface area (Å²) in [5, 5.41) is 2.71. The minimum atomic E-state index is -0.616. The lowest BCUT2D eigenvalue weighted by molar-refractivity contribution is -0.118. The number of methoxy groups -OCH3 is 1. The Balaban J connectivity index is 1.47. The number of nitrogens with one attached hydrogen (secondary N) is 1. The highest BCUT2D eigenvalue weighted by Gasteiger charge is 2.13. The van der Waals surface area contributed by atoms with E-state index in [0.717, 1.165) is 11.1 Å². The number of rotatable bonds is 9. The third-order valence-corrected chi connectivity index (χ3v) is 4.98. The van der Waals surface area contributed by atoms with E-state index in [4.69, 9.17) is 14.2 Å². The topological polar surface area (TPSA) is 90.9 Å². The van der Waals surface area contributed by atoms with Crippen LogP contribution in [0.15, 0.2) is 66.7 Å². The first-order chi connectivity index (χ1) is 15.9. The number of benzene rings is 3. The van der Waals surface area contributed by atoms with E-state index in [1.165, 1.54) is 12.1 Å². The molecule has 0 fully saturated rings. The standard InChI is InChI=1S/C26H25NO6/c1-17-7-8-20(13-18(17)2)24(28)15-33-26(30)19-9-11-22(12-10-19)32-16-25(29)27-21-5-4-6-23(14-21)31-3/h4-14H,15-16H2,1-3H3,(H,27,29). The molecule has 170 valence electrons. The van der Waals surface area contributed by atoms with E-state index in [9.17, 15) is 14.4 Å². The third-order valence-electron chi connectivity index (χ3n) is 4.98. The third kappa shape index (κ3) is 6.67. The molecule has 7 nitrogen and oxygen atoms in total. The fourth-order valence-electron chi connectivity index (χ4n) is 2.95. The van der Waals surface area contributed by atoms with Crippen LogP contribution in [0, 0.1) is 13.8 Å². The first-order valence-electron chi connectivity index (χ1n) is 10.3. The van der Waals surface area contributed by atoms with Gasteiger partial charge < -0.3 is 19.5 Å². The van der Waals surface area contributed by atoms with Crippen LogP contribution < -0.4 is 14.8 Å². The molecule has 0 unspecified atom stereocenters. The number of hydrogen-bond donors (Lipinski definition) is 1. The summed E-state index contributed by atoms with van der Waals surface area (Å²) in [5.74, 6) is -0.176. The highest BCUT2D eigenvalue weighted by Crippen LogP contribution is 2.17. The summed E-state index contributed by atoms with van der Waals surface area (Å²) < 4.78 is 15.7. The number of esters is 1. The number of hydrogen-bond acceptors (Lipinski definition) is 6. The highest BCUT2D eigenvalue weighted by atomic mass is 16.5. The number of ether oxygens (including phenoxy) is 3. The Morgan fingerprint density at radius 1 is 0.788 bits per heavy atom. The van der Waals surface area contributed by atoms with Crippen LogP contribution in [0.25, 0.3) is 0 Å². The molecule has 7 heteroatoms. The van der Waals surface area contributed by atoms with Crippen molar-refractivity contribution in [3.63, 3.8) is 0 Å². The second-order valence-corrected chi connectivity index (χ2v) is 7.39. The molecule has 0 saturated heterocycles. The lowest BCUT2D eigenvalue weighted by Crippen LogP contribution is -2.20. The molecule has 0 bridgehead atoms. The molecule has 0 atom stereocenters. The van der Waals surface area contributed by atoms with Crippen molar-refractivity contribution in [1.82, 2.24) is 0 Å². The van der Waals surface area contributed by atoms with Crippen LogP contribution in [0.4, 0.5) is 5.69 Å². The molecule has 3 rings (SSSR count). The maximum atomic E-state index is 12.3. The largest absolute Gasteiger partial charge is 0.497 e. The zero-order valence-corrected chi connectivity index (χ0v) is 18.7. The molecular weight excluding hydrogens is 422 g/mol. The van der Waals surface area contributed by atoms with Crippen LogP contribution in [-0.4, -0.2) is 38.0 Å². The zero-order valence-electron chi connectivity index (χ0n) is 18.7. The number of Topliss-reactive ketones (excluding diaryl/α,β-unsaturated/α-hetero) is 1. The van der Waals surface area contributed by atoms with E-state index in [0.29, 0.717) is 22.7 Å². The Morgan fingerprint density at radius 3 is 2.21 bits per heavy atom. The summed E-state index contributed by atoms with van der Waals surface area (Å²) in [6.07, 6.45) is 0. The summed E-state index contributed by atoms with van der Waals surface area (Å²) >= 11 is 0. The van der Waals surface area contributed by atoms with Gasteiger partial charge in [0.05, 0.1) is 12.7 Å². The molecule has 1 N–H and O–H groups in total. The van der Waals surface area contributed by atoms with E-state index >= 15 is 0 Å². The van der Waals surface area contributed by atoms with Crippen LogP contribution in [0.5, 0.6) is 11.5 Å². The maximum Gasteiger partial charge on any atom is 0.338 e. The van der Waals surface area contributed by atoms with Crippen molar-refractivity contribution in [2.45, 2.75) is 13.8 Å². The van der Waals surface area contributed by atoms with Crippen LogP contribution >= 0.6 is 0 Å². The van der Waals surface area contributed by atoms with Gasteiger partial charge in [0, 0.05) is 17.3 Å². The predicted octanol–water partition coefficient (Wildman–Crippen LogP) is 4.37. The van der Waals surface area contributed by atoms with Gasteiger partial charge in [-0.3, -0.25) is 9.59 Å². The van der Waals surface area contributed by atoms with Gasteiger partial charge in [0.2, 0.25) is 0 Å². The van der Waals surface area contributed by atoms with Crippen molar-refractivity contribution in [2.75, 3.05) is 25.6 Å². The lowest BCUT2D eigenvalue weighted by Gasteiger charge is -2.09. The predicted molar refractivity (Wildman–Crippen MR) is 124 cm³/mol. The van der Waals surface area contributed by atoms with E-state index in [2.05, 4.69) is 5.32 Å². The molecule has 0 aliphatic carbocycles. The molecular formula is C26H25NO6. The monoisotopic (exact) mass is 447 g/mol. The van der Waals surface area contributed by atoms with E-state index < -0.39 is 5.97 Å². The Morgan fingerprint density at radius 2 is 1.52 bits per heavy atom. The van der Waals surface area contributed by atoms with Crippen molar-refractivity contribution in [2.24, 2.45) is 0 Å². The number of carbonyl (C=O) groups excluding carboxylic acids is 3. The van der Waals surface area contributed by atoms with Crippen molar-refractivity contribution < 1.29 is 28.6 Å². The number of amides is 1. The average Bonchev–Trinajstić information content (AvgIpc) is 2.83. The van der Waals surface area contributed by atoms with Crippen LogP contribution in [0.2, 0.25) is 0 Å². The number of carbonyl (C=O) groups is 3. The summed E-state index contributed by atoms with van der Waals surface area (Å²) in [7, 11) is 1.55. The van der Waals surface area contributed by atoms with Gasteiger partial charge in [-0.25, -0.2) is 4.79 Å². The zero-order chi connectivity index (χ0) is 23.8. The second kappa shape index (κ2) is 10.9. The lowest BCUT2D eigenvalue weighted by atomic mass is 10.0. The van der Waals surface area contributed by atoms with Gasteiger partial charge in [0.15, 0.2) is 19.0 Å². The molecule has 0 aromatic heterocycles. The number of aryl methyl sites for hydroxylation is 2. The summed E-state index contributed by atoms with van der Waals surface area (Å²) in [5.41, 5.74) is 3.46. The molecule has 3 aromatic carbocycles. The van der Waals surface area contributed by atoms with Crippen LogP contribution in [0.1, 0.15) is 31.8 Å². The van der Waals surface area contributed by atoms with Crippen LogP contribution in [0.3, 0.4) is 0 Å². The fourth-order valence-corrected chi connectivity index (χ4v) is 2.95. The first-order valence-corrected chi connectivity index (χ1v) is 10.3. The normalized spacial score (nSPS) is 10.3. The average molecular weight is 447 g/mol. The molecule has 0 heterocycles. The number of ketones is 1. The summed E-state index contributed by atoms with van der Waals surface area (Å²) in [6.45, 7) is 3.34. The van der Waals surface area contributed by atoms with E-state index in [-0.39, 0.29) is 30.5 Å². The van der Waals surface area contributed by atoms with Gasteiger partial charge in [0.1, 0.15) is 11.5 Å². The Hall–Kier alpha value is -4.13. The van der Waals surface area contributed by atoms with Crippen molar-refractivity contribution >= 4 is 23.3 Å². The minimum Gasteiger partial charge on any atom is -0.497 e.